The lowest BCUT2D eigenvalue weighted by molar-refractivity contribution is 0.301. The number of halogens is 5. The van der Waals surface area contributed by atoms with Gasteiger partial charge in [0.2, 0.25) is 0 Å². The van der Waals surface area contributed by atoms with Crippen molar-refractivity contribution in [3.63, 3.8) is 0 Å². The Kier molecular flexibility index (Phi) is 7.04. The summed E-state index contributed by atoms with van der Waals surface area (Å²) in [6, 6.07) is 16.0. The lowest BCUT2D eigenvalue weighted by atomic mass is 10.2. The summed E-state index contributed by atoms with van der Waals surface area (Å²) in [5, 5.41) is 3.97. The molecule has 0 radical (unpaired) electrons. The molecule has 0 atom stereocenters. The molecule has 1 N–H and O–H groups in total. The van der Waals surface area contributed by atoms with Gasteiger partial charge in [0.1, 0.15) is 18.2 Å². The Balaban J connectivity index is 1.79. The van der Waals surface area contributed by atoms with Gasteiger partial charge in [-0.3, -0.25) is 0 Å². The molecule has 3 aromatic carbocycles. The van der Waals surface area contributed by atoms with Crippen LogP contribution < -0.4 is 10.1 Å². The number of ether oxygens (including phenoxy) is 1. The number of benzene rings is 3. The van der Waals surface area contributed by atoms with Crippen LogP contribution in [0.2, 0.25) is 10.0 Å². The van der Waals surface area contributed by atoms with Crippen LogP contribution in [-0.4, -0.2) is 0 Å². The Morgan fingerprint density at radius 1 is 0.926 bits per heavy atom. The fourth-order valence-corrected chi connectivity index (χ4v) is 4.27. The molecule has 0 aliphatic rings. The third-order valence-electron chi connectivity index (χ3n) is 3.82. The van der Waals surface area contributed by atoms with E-state index in [0.717, 1.165) is 25.8 Å². The van der Waals surface area contributed by atoms with Crippen LogP contribution in [0, 0.1) is 5.82 Å². The quantitative estimate of drug-likeness (QED) is 0.348. The van der Waals surface area contributed by atoms with Crippen molar-refractivity contribution in [3.8, 4) is 5.75 Å². The second-order valence-corrected chi connectivity index (χ2v) is 8.32. The maximum Gasteiger partial charge on any atom is 0.141 e. The van der Waals surface area contributed by atoms with E-state index in [2.05, 4.69) is 37.2 Å². The number of anilines is 1. The van der Waals surface area contributed by atoms with Crippen molar-refractivity contribution in [1.29, 1.82) is 0 Å². The first-order chi connectivity index (χ1) is 12.9. The average Bonchev–Trinajstić information content (AvgIpc) is 2.63. The third kappa shape index (κ3) is 5.38. The van der Waals surface area contributed by atoms with E-state index in [9.17, 15) is 4.39 Å². The van der Waals surface area contributed by atoms with Gasteiger partial charge >= 0.3 is 0 Å². The number of rotatable bonds is 6. The minimum absolute atomic E-state index is 0.0746. The maximum absolute atomic E-state index is 13.3. The lowest BCUT2D eigenvalue weighted by Crippen LogP contribution is -2.05. The molecule has 0 aliphatic heterocycles. The molecule has 0 saturated heterocycles. The Morgan fingerprint density at radius 2 is 1.70 bits per heavy atom. The van der Waals surface area contributed by atoms with Gasteiger partial charge in [0.25, 0.3) is 0 Å². The Morgan fingerprint density at radius 3 is 2.44 bits per heavy atom. The molecule has 0 spiro atoms. The molecular formula is C20H14Br2Cl2FNO. The third-order valence-corrected chi connectivity index (χ3v) is 5.52. The number of hydrogen-bond donors (Lipinski definition) is 1. The van der Waals surface area contributed by atoms with Gasteiger partial charge in [-0.15, -0.1) is 0 Å². The van der Waals surface area contributed by atoms with E-state index in [1.165, 1.54) is 6.07 Å². The second-order valence-electron chi connectivity index (χ2n) is 5.74. The van der Waals surface area contributed by atoms with Gasteiger partial charge in [-0.1, -0.05) is 57.3 Å². The maximum atomic E-state index is 13.3. The molecule has 0 bridgehead atoms. The van der Waals surface area contributed by atoms with Gasteiger partial charge in [0.05, 0.1) is 9.50 Å². The van der Waals surface area contributed by atoms with Crippen molar-refractivity contribution in [2.45, 2.75) is 13.2 Å². The zero-order valence-corrected chi connectivity index (χ0v) is 18.6. The Labute approximate surface area is 183 Å². The predicted octanol–water partition coefficient (Wildman–Crippen LogP) is 7.85. The summed E-state index contributed by atoms with van der Waals surface area (Å²) in [7, 11) is 0. The molecule has 0 saturated carbocycles. The van der Waals surface area contributed by atoms with Crippen molar-refractivity contribution in [2.24, 2.45) is 0 Å². The highest BCUT2D eigenvalue weighted by Crippen LogP contribution is 2.34. The minimum atomic E-state index is -0.448. The predicted molar refractivity (Wildman–Crippen MR) is 116 cm³/mol. The summed E-state index contributed by atoms with van der Waals surface area (Å²) >= 11 is 19.1. The lowest BCUT2D eigenvalue weighted by Gasteiger charge is -2.16. The molecule has 0 heterocycles. The summed E-state index contributed by atoms with van der Waals surface area (Å²) in [4.78, 5) is 0. The molecule has 0 aliphatic carbocycles. The van der Waals surface area contributed by atoms with Crippen LogP contribution in [0.1, 0.15) is 11.1 Å². The fraction of sp³-hybridized carbons (Fsp3) is 0.100. The highest BCUT2D eigenvalue weighted by Gasteiger charge is 2.12. The summed E-state index contributed by atoms with van der Waals surface area (Å²) in [5.41, 5.74) is 2.54. The summed E-state index contributed by atoms with van der Waals surface area (Å²) in [5.74, 6) is 0.259. The summed E-state index contributed by atoms with van der Waals surface area (Å²) < 4.78 is 21.1. The first-order valence-corrected chi connectivity index (χ1v) is 10.3. The Bertz CT molecular complexity index is 969. The molecular weight excluding hydrogens is 520 g/mol. The van der Waals surface area contributed by atoms with E-state index in [-0.39, 0.29) is 5.02 Å². The van der Waals surface area contributed by atoms with Crippen molar-refractivity contribution >= 4 is 60.7 Å². The van der Waals surface area contributed by atoms with Crippen LogP contribution in [0.25, 0.3) is 0 Å². The van der Waals surface area contributed by atoms with E-state index in [0.29, 0.717) is 23.9 Å². The molecule has 7 heteroatoms. The van der Waals surface area contributed by atoms with Crippen molar-refractivity contribution in [2.75, 3.05) is 5.32 Å². The monoisotopic (exact) mass is 531 g/mol. The van der Waals surface area contributed by atoms with Gasteiger partial charge in [-0.25, -0.2) is 4.39 Å². The van der Waals surface area contributed by atoms with Gasteiger partial charge in [0, 0.05) is 32.9 Å². The molecule has 0 unspecified atom stereocenters. The Hall–Kier alpha value is -1.27. The molecule has 140 valence electrons. The fourth-order valence-electron chi connectivity index (χ4n) is 2.48. The van der Waals surface area contributed by atoms with Gasteiger partial charge in [0.15, 0.2) is 0 Å². The van der Waals surface area contributed by atoms with Crippen LogP contribution in [0.15, 0.2) is 63.5 Å². The highest BCUT2D eigenvalue weighted by atomic mass is 79.9. The zero-order valence-electron chi connectivity index (χ0n) is 13.9. The molecule has 0 aromatic heterocycles. The van der Waals surface area contributed by atoms with Crippen LogP contribution >= 0.6 is 55.1 Å². The molecule has 27 heavy (non-hydrogen) atoms. The molecule has 2 nitrogen and oxygen atoms in total. The smallest absolute Gasteiger partial charge is 0.141 e. The second kappa shape index (κ2) is 9.28. The zero-order chi connectivity index (χ0) is 19.4. The van der Waals surface area contributed by atoms with Gasteiger partial charge < -0.3 is 10.1 Å². The first kappa shape index (κ1) is 20.5. The van der Waals surface area contributed by atoms with Crippen molar-refractivity contribution in [1.82, 2.24) is 0 Å². The molecule has 3 rings (SSSR count). The minimum Gasteiger partial charge on any atom is -0.487 e. The van der Waals surface area contributed by atoms with Crippen LogP contribution in [-0.2, 0) is 13.2 Å². The standard InChI is InChI=1S/C20H14Br2Cl2FNO/c21-14-7-13(10-26-15-5-6-19(25)18(24)9-15)20(16(22)8-14)27-11-12-3-1-2-4-17(12)23/h1-9,26H,10-11H2. The summed E-state index contributed by atoms with van der Waals surface area (Å²) in [6.07, 6.45) is 0. The largest absolute Gasteiger partial charge is 0.487 e. The molecule has 3 aromatic rings. The number of nitrogens with one attached hydrogen (secondary N) is 1. The number of hydrogen-bond acceptors (Lipinski definition) is 2. The molecule has 0 amide bonds. The van der Waals surface area contributed by atoms with Gasteiger partial charge in [-0.2, -0.15) is 0 Å². The van der Waals surface area contributed by atoms with Crippen LogP contribution in [0.3, 0.4) is 0 Å². The van der Waals surface area contributed by atoms with Crippen molar-refractivity contribution in [3.05, 3.63) is 90.5 Å². The SMILES string of the molecule is Fc1ccc(NCc2cc(Br)cc(Br)c2OCc2ccccc2Cl)cc1Cl. The van der Waals surface area contributed by atoms with Crippen molar-refractivity contribution < 1.29 is 9.13 Å². The molecule has 0 fully saturated rings. The van der Waals surface area contributed by atoms with E-state index in [4.69, 9.17) is 27.9 Å². The average molecular weight is 534 g/mol. The van der Waals surface area contributed by atoms with Crippen LogP contribution in [0.5, 0.6) is 5.75 Å². The van der Waals surface area contributed by atoms with E-state index < -0.39 is 5.82 Å². The van der Waals surface area contributed by atoms with E-state index in [1.807, 2.05) is 36.4 Å². The normalized spacial score (nSPS) is 10.7. The topological polar surface area (TPSA) is 21.3 Å². The first-order valence-electron chi connectivity index (χ1n) is 7.97. The van der Waals surface area contributed by atoms with E-state index in [1.54, 1.807) is 12.1 Å². The highest BCUT2D eigenvalue weighted by molar-refractivity contribution is 9.11. The summed E-state index contributed by atoms with van der Waals surface area (Å²) in [6.45, 7) is 0.813. The van der Waals surface area contributed by atoms with Gasteiger partial charge in [-0.05, 0) is 52.3 Å². The van der Waals surface area contributed by atoms with Crippen LogP contribution in [0.4, 0.5) is 10.1 Å². The van der Waals surface area contributed by atoms with E-state index >= 15 is 0 Å².